The highest BCUT2D eigenvalue weighted by Crippen LogP contribution is 2.48. The monoisotopic (exact) mass is 962 g/mol. The average Bonchev–Trinajstić information content (AvgIpc) is 3.38. The fraction of sp³-hybridized carbons (Fsp3) is 0.333. The van der Waals surface area contributed by atoms with Gasteiger partial charge in [-0.2, -0.15) is 0 Å². The zero-order valence-electron chi connectivity index (χ0n) is 38.0. The quantitative estimate of drug-likeness (QED) is 0.0498. The van der Waals surface area contributed by atoms with Gasteiger partial charge in [-0.15, -0.1) is 0 Å². The van der Waals surface area contributed by atoms with Gasteiger partial charge in [0.15, 0.2) is 12.6 Å². The highest BCUT2D eigenvalue weighted by atomic mass is 31.2. The van der Waals surface area contributed by atoms with Gasteiger partial charge in [0.25, 0.3) is 0 Å². The minimum absolute atomic E-state index is 0.0184. The molecular weight excluding hydrogens is 904 g/mol. The standard InChI is InChI=1S/C54H59O14P/c55-47-45(37-59-31-39-19-7-1-8-20-39)67-54(52(64-36-44-29-17-6-18-30-44)49(47)61-33-41-23-11-3-12-24-41)68-69(57,58)65-38-46-48(60-32-40-21-9-2-10-22-40)50(62-34-42-25-13-4-14-26-42)51(53(56)66-46)63-35-43-27-15-5-16-28-43/h1-30,45-56H,31-38H2,(H,57,58)/t45-,46-,47-,48-,49+,50+,51+,52-,53?,54-/m1/s1. The summed E-state index contributed by atoms with van der Waals surface area (Å²) >= 11 is 0. The van der Waals surface area contributed by atoms with Crippen molar-refractivity contribution in [3.8, 4) is 0 Å². The third-order valence-corrected chi connectivity index (χ3v) is 12.6. The van der Waals surface area contributed by atoms with Crippen LogP contribution in [0.4, 0.5) is 0 Å². The molecule has 2 aliphatic heterocycles. The van der Waals surface area contributed by atoms with Crippen molar-refractivity contribution in [1.29, 1.82) is 0 Å². The Morgan fingerprint density at radius 3 is 1.20 bits per heavy atom. The molecule has 2 saturated heterocycles. The topological polar surface area (TPSA) is 170 Å². The first-order chi connectivity index (χ1) is 33.8. The van der Waals surface area contributed by atoms with Gasteiger partial charge in [0.2, 0.25) is 0 Å². The Kier molecular flexibility index (Phi) is 18.8. The fourth-order valence-corrected chi connectivity index (χ4v) is 8.94. The molecule has 6 aromatic rings. The smallest absolute Gasteiger partial charge is 0.387 e. The molecule has 3 N–H and O–H groups in total. The van der Waals surface area contributed by atoms with Gasteiger partial charge in [0.1, 0.15) is 48.8 Å². The summed E-state index contributed by atoms with van der Waals surface area (Å²) in [5.74, 6) is 0. The van der Waals surface area contributed by atoms with E-state index in [2.05, 4.69) is 0 Å². The van der Waals surface area contributed by atoms with E-state index in [1.54, 1.807) is 0 Å². The first-order valence-electron chi connectivity index (χ1n) is 23.0. The molecule has 2 fully saturated rings. The van der Waals surface area contributed by atoms with Crippen LogP contribution >= 0.6 is 7.82 Å². The number of phosphoric ester groups is 1. The van der Waals surface area contributed by atoms with E-state index < -0.39 is 75.8 Å². The minimum atomic E-state index is -5.13. The Labute approximate surface area is 402 Å². The van der Waals surface area contributed by atoms with Gasteiger partial charge < -0.3 is 53.0 Å². The summed E-state index contributed by atoms with van der Waals surface area (Å²) in [7, 11) is -5.13. The molecule has 0 aromatic heterocycles. The van der Waals surface area contributed by atoms with Crippen molar-refractivity contribution in [1.82, 2.24) is 0 Å². The Hall–Kier alpha value is -4.97. The van der Waals surface area contributed by atoms with Crippen molar-refractivity contribution in [2.45, 2.75) is 101 Å². The first kappa shape index (κ1) is 50.4. The van der Waals surface area contributed by atoms with Crippen LogP contribution in [0.2, 0.25) is 0 Å². The molecule has 364 valence electrons. The van der Waals surface area contributed by atoms with Gasteiger partial charge in [-0.1, -0.05) is 182 Å². The van der Waals surface area contributed by atoms with Crippen LogP contribution in [0.25, 0.3) is 0 Å². The van der Waals surface area contributed by atoms with Crippen LogP contribution in [-0.4, -0.2) is 89.7 Å². The lowest BCUT2D eigenvalue weighted by Gasteiger charge is -2.45. The minimum Gasteiger partial charge on any atom is -0.387 e. The summed E-state index contributed by atoms with van der Waals surface area (Å²) in [4.78, 5) is 11.6. The van der Waals surface area contributed by atoms with E-state index in [1.807, 2.05) is 182 Å². The van der Waals surface area contributed by atoms with E-state index >= 15 is 0 Å². The molecule has 0 saturated carbocycles. The number of ether oxygens (including phenoxy) is 8. The predicted molar refractivity (Wildman–Crippen MR) is 254 cm³/mol. The van der Waals surface area contributed by atoms with E-state index in [9.17, 15) is 19.7 Å². The molecule has 0 radical (unpaired) electrons. The molecule has 11 atom stereocenters. The SMILES string of the molecule is O=P(O)(OC[C@H]1OC(O)[C@@H](OCc2ccccc2)[C@@H](OCc2ccccc2)[C@@H]1OCc1ccccc1)O[C@H]1O[C@H](COCc2ccccc2)[C@@H](O)[C@H](OCc2ccccc2)[C@H]1OCc1ccccc1. The largest absolute Gasteiger partial charge is 0.474 e. The van der Waals surface area contributed by atoms with Crippen LogP contribution in [0, 0.1) is 0 Å². The second-order valence-electron chi connectivity index (χ2n) is 16.8. The summed E-state index contributed by atoms with van der Waals surface area (Å²) in [5.41, 5.74) is 5.06. The van der Waals surface area contributed by atoms with Crippen molar-refractivity contribution in [2.24, 2.45) is 0 Å². The molecule has 14 nitrogen and oxygen atoms in total. The van der Waals surface area contributed by atoms with Gasteiger partial charge in [-0.3, -0.25) is 9.05 Å². The number of rotatable bonds is 24. The maximum Gasteiger partial charge on any atom is 0.474 e. The molecule has 15 heteroatoms. The lowest BCUT2D eigenvalue weighted by molar-refractivity contribution is -0.316. The fourth-order valence-electron chi connectivity index (χ4n) is 8.11. The molecule has 0 amide bonds. The van der Waals surface area contributed by atoms with Crippen LogP contribution in [0.5, 0.6) is 0 Å². The summed E-state index contributed by atoms with van der Waals surface area (Å²) in [6.07, 6.45) is -12.2. The zero-order valence-corrected chi connectivity index (χ0v) is 38.9. The van der Waals surface area contributed by atoms with Gasteiger partial charge in [0, 0.05) is 0 Å². The Balaban J connectivity index is 1.04. The van der Waals surface area contributed by atoms with Crippen molar-refractivity contribution in [3.05, 3.63) is 215 Å². The average molecular weight is 963 g/mol. The molecule has 2 aliphatic rings. The Bertz CT molecular complexity index is 2410. The zero-order chi connectivity index (χ0) is 47.7. The molecule has 8 rings (SSSR count). The van der Waals surface area contributed by atoms with E-state index in [-0.39, 0.29) is 46.2 Å². The molecular formula is C54H59O14P. The molecule has 0 spiro atoms. The number of aliphatic hydroxyl groups is 2. The molecule has 69 heavy (non-hydrogen) atoms. The molecule has 0 bridgehead atoms. The number of phosphoric acid groups is 1. The number of hydrogen-bond acceptors (Lipinski definition) is 13. The summed E-state index contributed by atoms with van der Waals surface area (Å²) in [5, 5.41) is 23.5. The van der Waals surface area contributed by atoms with Gasteiger partial charge in [-0.05, 0) is 33.4 Å². The maximum absolute atomic E-state index is 14.3. The van der Waals surface area contributed by atoms with E-state index in [0.29, 0.717) is 0 Å². The number of hydrogen-bond donors (Lipinski definition) is 3. The Morgan fingerprint density at radius 2 is 0.768 bits per heavy atom. The molecule has 2 heterocycles. The third-order valence-electron chi connectivity index (χ3n) is 11.7. The van der Waals surface area contributed by atoms with Crippen LogP contribution in [0.15, 0.2) is 182 Å². The third kappa shape index (κ3) is 15.0. The molecule has 2 unspecified atom stereocenters. The second-order valence-corrected chi connectivity index (χ2v) is 18.2. The van der Waals surface area contributed by atoms with Crippen LogP contribution in [0.1, 0.15) is 33.4 Å². The highest BCUT2D eigenvalue weighted by molar-refractivity contribution is 7.47. The van der Waals surface area contributed by atoms with E-state index in [1.165, 1.54) is 0 Å². The summed E-state index contributed by atoms with van der Waals surface area (Å²) < 4.78 is 76.7. The molecule has 6 aromatic carbocycles. The normalized spacial score (nSPS) is 25.7. The van der Waals surface area contributed by atoms with Crippen LogP contribution in [0.3, 0.4) is 0 Å². The van der Waals surface area contributed by atoms with Gasteiger partial charge in [-0.25, -0.2) is 4.57 Å². The van der Waals surface area contributed by atoms with Crippen LogP contribution < -0.4 is 0 Å². The summed E-state index contributed by atoms with van der Waals surface area (Å²) in [6, 6.07) is 56.6. The number of aliphatic hydroxyl groups excluding tert-OH is 2. The summed E-state index contributed by atoms with van der Waals surface area (Å²) in [6.45, 7) is -0.0884. The Morgan fingerprint density at radius 1 is 0.406 bits per heavy atom. The van der Waals surface area contributed by atoms with Gasteiger partial charge in [0.05, 0.1) is 52.9 Å². The van der Waals surface area contributed by atoms with Crippen molar-refractivity contribution in [2.75, 3.05) is 13.2 Å². The first-order valence-corrected chi connectivity index (χ1v) is 24.5. The second kappa shape index (κ2) is 25.8. The van der Waals surface area contributed by atoms with E-state index in [4.69, 9.17) is 46.9 Å². The lowest BCUT2D eigenvalue weighted by atomic mass is 9.98. The predicted octanol–water partition coefficient (Wildman–Crippen LogP) is 8.07. The van der Waals surface area contributed by atoms with E-state index in [0.717, 1.165) is 33.4 Å². The van der Waals surface area contributed by atoms with Crippen molar-refractivity contribution in [3.63, 3.8) is 0 Å². The number of benzene rings is 6. The van der Waals surface area contributed by atoms with Crippen LogP contribution in [-0.2, 0) is 91.1 Å². The van der Waals surface area contributed by atoms with Crippen molar-refractivity contribution < 1.29 is 66.6 Å². The van der Waals surface area contributed by atoms with Gasteiger partial charge >= 0.3 is 7.82 Å². The lowest BCUT2D eigenvalue weighted by Crippen LogP contribution is -2.61. The molecule has 0 aliphatic carbocycles. The van der Waals surface area contributed by atoms with Crippen molar-refractivity contribution >= 4 is 7.82 Å². The maximum atomic E-state index is 14.3. The highest BCUT2D eigenvalue weighted by Gasteiger charge is 2.52.